The van der Waals surface area contributed by atoms with Gasteiger partial charge in [-0.25, -0.2) is 0 Å². The molecule has 152 valence electrons. The van der Waals surface area contributed by atoms with Crippen molar-refractivity contribution < 1.29 is 31.9 Å². The molecule has 0 saturated carbocycles. The maximum absolute atomic E-state index is 11.4. The minimum absolute atomic E-state index is 0.0696. The van der Waals surface area contributed by atoms with E-state index in [9.17, 15) is 13.0 Å². The summed E-state index contributed by atoms with van der Waals surface area (Å²) in [5, 5.41) is 0. The van der Waals surface area contributed by atoms with Crippen molar-refractivity contribution in [2.75, 3.05) is 46.8 Å². The predicted molar refractivity (Wildman–Crippen MR) is 97.0 cm³/mol. The zero-order valence-electron chi connectivity index (χ0n) is 16.1. The molecular weight excluding hydrogens is 348 g/mol. The van der Waals surface area contributed by atoms with Crippen LogP contribution in [0.15, 0.2) is 0 Å². The Labute approximate surface area is 153 Å². The second-order valence-electron chi connectivity index (χ2n) is 6.67. The van der Waals surface area contributed by atoms with Crippen molar-refractivity contribution in [3.8, 4) is 0 Å². The lowest BCUT2D eigenvalue weighted by Crippen LogP contribution is -2.22. The molecule has 0 spiro atoms. The largest absolute Gasteiger partial charge is 0.359 e. The second-order valence-corrected chi connectivity index (χ2v) is 8.17. The van der Waals surface area contributed by atoms with Gasteiger partial charge in [0.05, 0.1) is 5.75 Å². The van der Waals surface area contributed by atoms with Crippen molar-refractivity contribution in [3.05, 3.63) is 0 Å². The molecule has 25 heavy (non-hydrogen) atoms. The zero-order valence-corrected chi connectivity index (χ0v) is 16.9. The summed E-state index contributed by atoms with van der Waals surface area (Å²) in [6, 6.07) is 0. The van der Waals surface area contributed by atoms with Crippen LogP contribution in [0.2, 0.25) is 0 Å². The van der Waals surface area contributed by atoms with E-state index < -0.39 is 10.1 Å². The van der Waals surface area contributed by atoms with Gasteiger partial charge < -0.3 is 18.9 Å². The molecule has 3 unspecified atom stereocenters. The van der Waals surface area contributed by atoms with E-state index in [2.05, 4.69) is 13.8 Å². The first-order chi connectivity index (χ1) is 11.8. The number of hydrogen-bond donors (Lipinski definition) is 1. The monoisotopic (exact) mass is 384 g/mol. The summed E-state index contributed by atoms with van der Waals surface area (Å²) < 4.78 is 52.3. The van der Waals surface area contributed by atoms with Crippen LogP contribution in [0, 0.1) is 17.8 Å². The van der Waals surface area contributed by atoms with Gasteiger partial charge in [-0.15, -0.1) is 0 Å². The normalized spacial score (nSPS) is 15.9. The fourth-order valence-electron chi connectivity index (χ4n) is 3.00. The maximum atomic E-state index is 11.4. The van der Waals surface area contributed by atoms with E-state index in [1.54, 1.807) is 14.2 Å². The van der Waals surface area contributed by atoms with Crippen LogP contribution in [0.1, 0.15) is 46.0 Å². The van der Waals surface area contributed by atoms with Gasteiger partial charge in [-0.3, -0.25) is 4.55 Å². The topological polar surface area (TPSA) is 91.3 Å². The molecule has 0 aromatic rings. The Morgan fingerprint density at radius 1 is 0.920 bits per heavy atom. The summed E-state index contributed by atoms with van der Waals surface area (Å²) in [4.78, 5) is 0. The smallest absolute Gasteiger partial charge is 0.265 e. The first-order valence-corrected chi connectivity index (χ1v) is 10.5. The molecule has 0 aromatic heterocycles. The minimum atomic E-state index is -3.98. The van der Waals surface area contributed by atoms with Crippen molar-refractivity contribution in [2.24, 2.45) is 17.8 Å². The quantitative estimate of drug-likeness (QED) is 0.234. The molecule has 3 atom stereocenters. The lowest BCUT2D eigenvalue weighted by molar-refractivity contribution is -0.0358. The van der Waals surface area contributed by atoms with Crippen LogP contribution in [0.3, 0.4) is 0 Å². The van der Waals surface area contributed by atoms with E-state index in [-0.39, 0.29) is 25.3 Å². The highest BCUT2D eigenvalue weighted by atomic mass is 32.2. The average Bonchev–Trinajstić information content (AvgIpc) is 2.52. The molecule has 0 rings (SSSR count). The van der Waals surface area contributed by atoms with Gasteiger partial charge in [-0.1, -0.05) is 20.3 Å². The average molecular weight is 385 g/mol. The molecule has 0 heterocycles. The molecular formula is C17H36O7S. The van der Waals surface area contributed by atoms with E-state index in [1.807, 2.05) is 0 Å². The second kappa shape index (κ2) is 14.9. The van der Waals surface area contributed by atoms with E-state index in [0.29, 0.717) is 25.0 Å². The Balaban J connectivity index is 4.48. The highest BCUT2D eigenvalue weighted by Crippen LogP contribution is 2.27. The molecule has 0 aliphatic carbocycles. The third-order valence-electron chi connectivity index (χ3n) is 4.25. The molecule has 1 N–H and O–H groups in total. The fourth-order valence-corrected chi connectivity index (χ4v) is 3.86. The third kappa shape index (κ3) is 15.7. The lowest BCUT2D eigenvalue weighted by Gasteiger charge is -2.24. The Kier molecular flexibility index (Phi) is 14.7. The molecule has 0 aromatic carbocycles. The van der Waals surface area contributed by atoms with E-state index in [4.69, 9.17) is 18.9 Å². The number of rotatable bonds is 17. The van der Waals surface area contributed by atoms with Crippen molar-refractivity contribution in [1.82, 2.24) is 0 Å². The van der Waals surface area contributed by atoms with Crippen LogP contribution >= 0.6 is 0 Å². The summed E-state index contributed by atoms with van der Waals surface area (Å²) in [6.07, 6.45) is 4.14. The van der Waals surface area contributed by atoms with E-state index in [1.165, 1.54) is 0 Å². The zero-order chi connectivity index (χ0) is 19.1. The van der Waals surface area contributed by atoms with Gasteiger partial charge in [0.1, 0.15) is 13.6 Å². The van der Waals surface area contributed by atoms with Gasteiger partial charge >= 0.3 is 0 Å². The Hall–Kier alpha value is -0.250. The van der Waals surface area contributed by atoms with Gasteiger partial charge in [-0.05, 0) is 43.4 Å². The third-order valence-corrected chi connectivity index (χ3v) is 5.15. The van der Waals surface area contributed by atoms with Gasteiger partial charge in [0.2, 0.25) is 0 Å². The van der Waals surface area contributed by atoms with Gasteiger partial charge in [0, 0.05) is 27.4 Å². The summed E-state index contributed by atoms with van der Waals surface area (Å²) in [6.45, 7) is 5.87. The van der Waals surface area contributed by atoms with Crippen LogP contribution in [-0.4, -0.2) is 59.7 Å². The molecule has 0 aliphatic heterocycles. The van der Waals surface area contributed by atoms with Crippen LogP contribution in [0.5, 0.6) is 0 Å². The lowest BCUT2D eigenvalue weighted by atomic mass is 9.85. The molecule has 0 saturated heterocycles. The predicted octanol–water partition coefficient (Wildman–Crippen LogP) is 2.95. The molecule has 0 fully saturated rings. The number of hydrogen-bond acceptors (Lipinski definition) is 6. The summed E-state index contributed by atoms with van der Waals surface area (Å²) >= 11 is 0. The standard InChI is InChI=1S/C17H36O7S/c1-5-16(7-9-24-14-22-4)11-17(12-25(18,19)20)10-15(2)6-8-23-13-21-3/h15-17H,5-14H2,1-4H3,(H,18,19,20). The Morgan fingerprint density at radius 3 is 1.96 bits per heavy atom. The number of ether oxygens (including phenoxy) is 4. The molecule has 0 aliphatic rings. The van der Waals surface area contributed by atoms with E-state index in [0.717, 1.165) is 32.1 Å². The number of methoxy groups -OCH3 is 2. The van der Waals surface area contributed by atoms with E-state index >= 15 is 0 Å². The van der Waals surface area contributed by atoms with Crippen LogP contribution in [0.25, 0.3) is 0 Å². The van der Waals surface area contributed by atoms with Crippen molar-refractivity contribution >= 4 is 10.1 Å². The molecule has 0 bridgehead atoms. The first-order valence-electron chi connectivity index (χ1n) is 8.90. The fraction of sp³-hybridized carbons (Fsp3) is 1.00. The first kappa shape index (κ1) is 24.8. The summed E-state index contributed by atoms with van der Waals surface area (Å²) in [5.41, 5.74) is 0. The Bertz CT molecular complexity index is 400. The summed E-state index contributed by atoms with van der Waals surface area (Å²) in [5.74, 6) is 0.414. The molecule has 0 radical (unpaired) electrons. The maximum Gasteiger partial charge on any atom is 0.265 e. The Morgan fingerprint density at radius 2 is 1.48 bits per heavy atom. The highest BCUT2D eigenvalue weighted by Gasteiger charge is 2.23. The van der Waals surface area contributed by atoms with Gasteiger partial charge in [-0.2, -0.15) is 8.42 Å². The minimum Gasteiger partial charge on any atom is -0.359 e. The van der Waals surface area contributed by atoms with Crippen LogP contribution < -0.4 is 0 Å². The van der Waals surface area contributed by atoms with Crippen LogP contribution in [0.4, 0.5) is 0 Å². The molecule has 7 nitrogen and oxygen atoms in total. The SMILES string of the molecule is CCC(CCOCOC)CC(CC(C)CCOCOC)CS(=O)(=O)O. The van der Waals surface area contributed by atoms with Crippen molar-refractivity contribution in [1.29, 1.82) is 0 Å². The van der Waals surface area contributed by atoms with Gasteiger partial charge in [0.15, 0.2) is 0 Å². The summed E-state index contributed by atoms with van der Waals surface area (Å²) in [7, 11) is -0.827. The van der Waals surface area contributed by atoms with Gasteiger partial charge in [0.25, 0.3) is 10.1 Å². The molecule has 8 heteroatoms. The molecule has 0 amide bonds. The highest BCUT2D eigenvalue weighted by molar-refractivity contribution is 7.85. The van der Waals surface area contributed by atoms with Crippen molar-refractivity contribution in [3.63, 3.8) is 0 Å². The van der Waals surface area contributed by atoms with Crippen LogP contribution in [-0.2, 0) is 29.1 Å². The van der Waals surface area contributed by atoms with Crippen molar-refractivity contribution in [2.45, 2.75) is 46.0 Å².